The Morgan fingerprint density at radius 1 is 0.879 bits per heavy atom. The van der Waals surface area contributed by atoms with Crippen LogP contribution in [0, 0.1) is 6.42 Å². The van der Waals surface area contributed by atoms with Crippen molar-refractivity contribution < 1.29 is 25.9 Å². The van der Waals surface area contributed by atoms with Crippen LogP contribution < -0.4 is 10.6 Å². The molecule has 4 nitrogen and oxygen atoms in total. The third kappa shape index (κ3) is 17.6. The number of piperidine rings is 1. The van der Waals surface area contributed by atoms with Crippen LogP contribution in [0.3, 0.4) is 0 Å². The van der Waals surface area contributed by atoms with Crippen molar-refractivity contribution in [3.63, 3.8) is 0 Å². The van der Waals surface area contributed by atoms with Crippen molar-refractivity contribution in [2.75, 3.05) is 38.5 Å². The van der Waals surface area contributed by atoms with Crippen LogP contribution in [0.1, 0.15) is 60.8 Å². The molecule has 1 aliphatic heterocycles. The van der Waals surface area contributed by atoms with Crippen molar-refractivity contribution in [1.29, 1.82) is 0 Å². The molecule has 0 aliphatic carbocycles. The van der Waals surface area contributed by atoms with E-state index in [9.17, 15) is 4.79 Å². The minimum absolute atomic E-state index is 0. The van der Waals surface area contributed by atoms with Crippen LogP contribution >= 0.6 is 0 Å². The molecule has 186 valence electrons. The summed E-state index contributed by atoms with van der Waals surface area (Å²) in [5.74, 6) is 0. The first-order chi connectivity index (χ1) is 15.8. The smallest absolute Gasteiger partial charge is 0.490 e. The van der Waals surface area contributed by atoms with Crippen LogP contribution in [-0.2, 0) is 25.9 Å². The third-order valence-corrected chi connectivity index (χ3v) is 4.40. The monoisotopic (exact) mass is 625 g/mol. The molecule has 0 saturated carbocycles. The Bertz CT molecular complexity index is 632. The number of carbonyl (C=O) groups excluding carboxylic acids is 1. The molecule has 33 heavy (non-hydrogen) atoms. The maximum Gasteiger partial charge on any atom is 2.00 e. The zero-order valence-corrected chi connectivity index (χ0v) is 24.9. The fourth-order valence-electron chi connectivity index (χ4n) is 3.02. The SMILES string of the molecule is CC.CC.CC.CNCCCN1CC[CH-]CC1.O=[C-]Nc1ccccc1-c1ccccc1.[W+2]. The molecule has 2 N–H and O–H groups in total. The first-order valence-electron chi connectivity index (χ1n) is 12.3. The molecule has 0 unspecified atom stereocenters. The van der Waals surface area contributed by atoms with Crippen molar-refractivity contribution in [2.45, 2.75) is 60.8 Å². The van der Waals surface area contributed by atoms with Crippen molar-refractivity contribution in [2.24, 2.45) is 0 Å². The standard InChI is InChI=1S/C13H10NO.C9H19N2.3C2H6.W/c15-10-14-13-9-5-4-8-12(13)11-6-2-1-3-7-11;1-10-6-5-9-11-7-3-2-4-8-11;3*1-2;/h1-9H,(H,14,15);2,10H,3-9H2,1H3;3*1-2H3;/q2*-1;;;;+2. The number of nitrogens with zero attached hydrogens (tertiary/aromatic N) is 1. The number of rotatable bonds is 7. The van der Waals surface area contributed by atoms with E-state index in [1.54, 1.807) is 6.41 Å². The summed E-state index contributed by atoms with van der Waals surface area (Å²) in [7, 11) is 2.02. The van der Waals surface area contributed by atoms with Gasteiger partial charge >= 0.3 is 21.1 Å². The second-order valence-corrected chi connectivity index (χ2v) is 6.30. The molecular formula is C28H47N3OW. The van der Waals surface area contributed by atoms with Gasteiger partial charge in [0.1, 0.15) is 0 Å². The number of para-hydroxylation sites is 1. The van der Waals surface area contributed by atoms with E-state index in [0.717, 1.165) is 23.4 Å². The van der Waals surface area contributed by atoms with Crippen LogP contribution in [0.4, 0.5) is 5.69 Å². The van der Waals surface area contributed by atoms with Gasteiger partial charge in [-0.25, -0.2) is 0 Å². The van der Waals surface area contributed by atoms with Crippen LogP contribution in [0.15, 0.2) is 54.6 Å². The van der Waals surface area contributed by atoms with Gasteiger partial charge in [0.15, 0.2) is 0 Å². The quantitative estimate of drug-likeness (QED) is 0.202. The Morgan fingerprint density at radius 3 is 1.97 bits per heavy atom. The molecule has 3 rings (SSSR count). The van der Waals surface area contributed by atoms with Crippen LogP contribution in [0.25, 0.3) is 11.1 Å². The normalized spacial score (nSPS) is 11.7. The second-order valence-electron chi connectivity index (χ2n) is 6.30. The minimum atomic E-state index is 0. The van der Waals surface area contributed by atoms with Gasteiger partial charge < -0.3 is 26.7 Å². The van der Waals surface area contributed by atoms with Crippen LogP contribution in [-0.4, -0.2) is 44.5 Å². The third-order valence-electron chi connectivity index (χ3n) is 4.40. The maximum absolute atomic E-state index is 10.3. The summed E-state index contributed by atoms with van der Waals surface area (Å²) >= 11 is 0. The molecule has 1 amide bonds. The fraction of sp³-hybridized carbons (Fsp3) is 0.500. The minimum Gasteiger partial charge on any atom is -0.490 e. The van der Waals surface area contributed by atoms with E-state index in [-0.39, 0.29) is 21.1 Å². The second kappa shape index (κ2) is 28.6. The van der Waals surface area contributed by atoms with Crippen molar-refractivity contribution in [3.8, 4) is 11.1 Å². The molecule has 5 heteroatoms. The first kappa shape index (κ1) is 36.1. The van der Waals surface area contributed by atoms with Gasteiger partial charge in [0.2, 0.25) is 0 Å². The summed E-state index contributed by atoms with van der Waals surface area (Å²) in [6.07, 6.45) is 7.96. The number of anilines is 1. The molecule has 1 heterocycles. The Labute approximate surface area is 219 Å². The van der Waals surface area contributed by atoms with Gasteiger partial charge in [-0.15, -0.1) is 11.8 Å². The summed E-state index contributed by atoms with van der Waals surface area (Å²) in [5, 5.41) is 5.74. The van der Waals surface area contributed by atoms with Crippen molar-refractivity contribution in [1.82, 2.24) is 10.2 Å². The summed E-state index contributed by atoms with van der Waals surface area (Å²) in [6.45, 7) is 17.0. The van der Waals surface area contributed by atoms with Gasteiger partial charge in [0, 0.05) is 0 Å². The molecular weight excluding hydrogens is 578 g/mol. The Morgan fingerprint density at radius 2 is 1.42 bits per heavy atom. The summed E-state index contributed by atoms with van der Waals surface area (Å²) in [5.41, 5.74) is 2.86. The molecule has 0 radical (unpaired) electrons. The molecule has 2 aromatic carbocycles. The van der Waals surface area contributed by atoms with Gasteiger partial charge in [-0.1, -0.05) is 95.6 Å². The Balaban J connectivity index is -0.000000446. The van der Waals surface area contributed by atoms with Gasteiger partial charge in [-0.05, 0) is 45.2 Å². The van der Waals surface area contributed by atoms with Crippen LogP contribution in [0.5, 0.6) is 0 Å². The first-order valence-corrected chi connectivity index (χ1v) is 12.3. The molecule has 0 atom stereocenters. The molecule has 0 bridgehead atoms. The van der Waals surface area contributed by atoms with Gasteiger partial charge in [-0.3, -0.25) is 0 Å². The topological polar surface area (TPSA) is 44.4 Å². The van der Waals surface area contributed by atoms with Crippen molar-refractivity contribution in [3.05, 3.63) is 61.0 Å². The van der Waals surface area contributed by atoms with E-state index >= 15 is 0 Å². The average Bonchev–Trinajstić information content (AvgIpc) is 2.90. The molecule has 2 aromatic rings. The number of nitrogens with one attached hydrogen (secondary N) is 2. The number of amides is 1. The van der Waals surface area contributed by atoms with Crippen molar-refractivity contribution >= 4 is 12.1 Å². The molecule has 0 aromatic heterocycles. The fourth-order valence-corrected chi connectivity index (χ4v) is 3.02. The Kier molecular flexibility index (Phi) is 31.2. The molecule has 0 spiro atoms. The number of hydrogen-bond donors (Lipinski definition) is 2. The zero-order valence-electron chi connectivity index (χ0n) is 22.0. The zero-order chi connectivity index (χ0) is 24.5. The van der Waals surface area contributed by atoms with E-state index < -0.39 is 0 Å². The number of hydrogen-bond acceptors (Lipinski definition) is 3. The van der Waals surface area contributed by atoms with Gasteiger partial charge in [-0.2, -0.15) is 12.8 Å². The van der Waals surface area contributed by atoms with E-state index in [4.69, 9.17) is 0 Å². The van der Waals surface area contributed by atoms with E-state index in [1.807, 2.05) is 103 Å². The van der Waals surface area contributed by atoms with Gasteiger partial charge in [0.25, 0.3) is 0 Å². The summed E-state index contributed by atoms with van der Waals surface area (Å²) in [4.78, 5) is 12.9. The molecule has 1 saturated heterocycles. The number of benzene rings is 2. The average molecular weight is 626 g/mol. The van der Waals surface area contributed by atoms with E-state index in [1.165, 1.54) is 38.9 Å². The van der Waals surface area contributed by atoms with Gasteiger partial charge in [0.05, 0.1) is 6.41 Å². The van der Waals surface area contributed by atoms with E-state index in [0.29, 0.717) is 0 Å². The predicted molar refractivity (Wildman–Crippen MR) is 144 cm³/mol. The van der Waals surface area contributed by atoms with E-state index in [2.05, 4.69) is 22.0 Å². The summed E-state index contributed by atoms with van der Waals surface area (Å²) in [6, 6.07) is 17.6. The predicted octanol–water partition coefficient (Wildman–Crippen LogP) is 6.80. The number of likely N-dealkylation sites (tertiary alicyclic amines) is 1. The maximum atomic E-state index is 10.3. The summed E-state index contributed by atoms with van der Waals surface area (Å²) < 4.78 is 0. The molecule has 1 aliphatic rings. The Hall–Kier alpha value is -1.48. The molecule has 1 fully saturated rings. The van der Waals surface area contributed by atoms with Crippen LogP contribution in [0.2, 0.25) is 0 Å². The largest absolute Gasteiger partial charge is 2.00 e.